The van der Waals surface area contributed by atoms with Gasteiger partial charge in [-0.2, -0.15) is 10.4 Å². The highest BCUT2D eigenvalue weighted by molar-refractivity contribution is 7.98. The van der Waals surface area contributed by atoms with Crippen LogP contribution in [0.5, 0.6) is 11.6 Å². The van der Waals surface area contributed by atoms with Crippen LogP contribution in [0.25, 0.3) is 0 Å². The maximum Gasteiger partial charge on any atom is 0.257 e. The van der Waals surface area contributed by atoms with Crippen molar-refractivity contribution in [3.05, 3.63) is 41.1 Å². The molecule has 0 aliphatic carbocycles. The Kier molecular flexibility index (Phi) is 5.18. The van der Waals surface area contributed by atoms with E-state index in [2.05, 4.69) is 16.3 Å². The van der Waals surface area contributed by atoms with Crippen LogP contribution < -0.4 is 4.74 Å². The maximum atomic E-state index is 9.41. The summed E-state index contributed by atoms with van der Waals surface area (Å²) in [5.41, 5.74) is 2.27. The first-order chi connectivity index (χ1) is 10.2. The van der Waals surface area contributed by atoms with Gasteiger partial charge in [-0.25, -0.2) is 0 Å². The lowest BCUT2D eigenvalue weighted by Gasteiger charge is -2.11. The number of aromatic nitrogens is 2. The molecule has 1 aromatic heterocycles. The molecule has 4 nitrogen and oxygen atoms in total. The molecule has 0 aliphatic heterocycles. The van der Waals surface area contributed by atoms with E-state index in [-0.39, 0.29) is 5.88 Å². The van der Waals surface area contributed by atoms with Gasteiger partial charge < -0.3 is 4.74 Å². The van der Waals surface area contributed by atoms with Crippen LogP contribution in [0.15, 0.2) is 29.2 Å². The molecule has 0 unspecified atom stereocenters. The predicted octanol–water partition coefficient (Wildman–Crippen LogP) is 3.99. The van der Waals surface area contributed by atoms with Crippen LogP contribution in [-0.4, -0.2) is 16.5 Å². The summed E-state index contributed by atoms with van der Waals surface area (Å²) in [5.74, 6) is 0.938. The van der Waals surface area contributed by atoms with Gasteiger partial charge in [0, 0.05) is 4.90 Å². The smallest absolute Gasteiger partial charge is 0.257 e. The maximum absolute atomic E-state index is 9.41. The lowest BCUT2D eigenvalue weighted by atomic mass is 10.0. The van der Waals surface area contributed by atoms with E-state index >= 15 is 0 Å². The molecule has 2 rings (SSSR count). The fraction of sp³-hybridized carbons (Fsp3) is 0.312. The molecule has 0 radical (unpaired) electrons. The standard InChI is InChI=1S/C16H17N3OS/c1-4-13-14(10-17)16(19-18-15(13)5-2)20-11-6-8-12(21-3)9-7-11/h6-9H,4-5H2,1-3H3. The minimum atomic E-state index is 0.281. The average molecular weight is 299 g/mol. The first-order valence-electron chi connectivity index (χ1n) is 6.83. The van der Waals surface area contributed by atoms with Gasteiger partial charge in [-0.1, -0.05) is 13.8 Å². The van der Waals surface area contributed by atoms with E-state index < -0.39 is 0 Å². The van der Waals surface area contributed by atoms with E-state index in [0.29, 0.717) is 11.3 Å². The molecule has 0 saturated carbocycles. The summed E-state index contributed by atoms with van der Waals surface area (Å²) in [6.45, 7) is 4.01. The quantitative estimate of drug-likeness (QED) is 0.781. The number of nitrogens with zero attached hydrogens (tertiary/aromatic N) is 3. The van der Waals surface area contributed by atoms with Crippen molar-refractivity contribution >= 4 is 11.8 Å². The largest absolute Gasteiger partial charge is 0.437 e. The Bertz CT molecular complexity index is 662. The van der Waals surface area contributed by atoms with Crippen LogP contribution in [0.2, 0.25) is 0 Å². The Morgan fingerprint density at radius 2 is 1.86 bits per heavy atom. The zero-order chi connectivity index (χ0) is 15.2. The number of thioether (sulfide) groups is 1. The van der Waals surface area contributed by atoms with Crippen molar-refractivity contribution in [3.63, 3.8) is 0 Å². The first kappa shape index (κ1) is 15.3. The Labute approximate surface area is 129 Å². The van der Waals surface area contributed by atoms with Gasteiger partial charge in [0.15, 0.2) is 0 Å². The van der Waals surface area contributed by atoms with Gasteiger partial charge in [-0.3, -0.25) is 0 Å². The van der Waals surface area contributed by atoms with Crippen molar-refractivity contribution in [2.75, 3.05) is 6.26 Å². The zero-order valence-electron chi connectivity index (χ0n) is 12.4. The van der Waals surface area contributed by atoms with Crippen LogP contribution in [0.1, 0.15) is 30.7 Å². The highest BCUT2D eigenvalue weighted by Gasteiger charge is 2.15. The van der Waals surface area contributed by atoms with Gasteiger partial charge in [-0.15, -0.1) is 16.9 Å². The molecule has 2 aromatic rings. The SMILES string of the molecule is CCc1nnc(Oc2ccc(SC)cc2)c(C#N)c1CC. The van der Waals surface area contributed by atoms with E-state index in [9.17, 15) is 5.26 Å². The number of hydrogen-bond acceptors (Lipinski definition) is 5. The molecule has 1 aromatic carbocycles. The van der Waals surface area contributed by atoms with E-state index in [1.807, 2.05) is 44.4 Å². The van der Waals surface area contributed by atoms with Gasteiger partial charge in [0.25, 0.3) is 5.88 Å². The van der Waals surface area contributed by atoms with Gasteiger partial charge in [0.1, 0.15) is 17.4 Å². The second-order valence-electron chi connectivity index (χ2n) is 4.40. The summed E-state index contributed by atoms with van der Waals surface area (Å²) in [7, 11) is 0. The second-order valence-corrected chi connectivity index (χ2v) is 5.28. The van der Waals surface area contributed by atoms with Crippen molar-refractivity contribution in [1.29, 1.82) is 5.26 Å². The Morgan fingerprint density at radius 1 is 1.14 bits per heavy atom. The van der Waals surface area contributed by atoms with Gasteiger partial charge in [-0.05, 0) is 48.9 Å². The molecular formula is C16H17N3OS. The lowest BCUT2D eigenvalue weighted by molar-refractivity contribution is 0.450. The predicted molar refractivity (Wildman–Crippen MR) is 83.8 cm³/mol. The number of nitriles is 1. The molecular weight excluding hydrogens is 282 g/mol. The average Bonchev–Trinajstić information content (AvgIpc) is 2.54. The first-order valence-corrected chi connectivity index (χ1v) is 8.06. The van der Waals surface area contributed by atoms with Crippen molar-refractivity contribution in [3.8, 4) is 17.7 Å². The third-order valence-corrected chi connectivity index (χ3v) is 3.94. The number of hydrogen-bond donors (Lipinski definition) is 0. The molecule has 0 fully saturated rings. The highest BCUT2D eigenvalue weighted by atomic mass is 32.2. The summed E-state index contributed by atoms with van der Waals surface area (Å²) >= 11 is 1.67. The molecule has 0 amide bonds. The normalized spacial score (nSPS) is 10.2. The highest BCUT2D eigenvalue weighted by Crippen LogP contribution is 2.27. The van der Waals surface area contributed by atoms with Crippen molar-refractivity contribution in [2.45, 2.75) is 31.6 Å². The van der Waals surface area contributed by atoms with Gasteiger partial charge >= 0.3 is 0 Å². The summed E-state index contributed by atoms with van der Waals surface area (Å²) in [6.07, 6.45) is 3.52. The molecule has 0 saturated heterocycles. The summed E-state index contributed by atoms with van der Waals surface area (Å²) in [6, 6.07) is 9.88. The fourth-order valence-corrected chi connectivity index (χ4v) is 2.50. The van der Waals surface area contributed by atoms with Crippen molar-refractivity contribution in [1.82, 2.24) is 10.2 Å². The fourth-order valence-electron chi connectivity index (χ4n) is 2.10. The van der Waals surface area contributed by atoms with Gasteiger partial charge in [0.2, 0.25) is 0 Å². The molecule has 0 bridgehead atoms. The van der Waals surface area contributed by atoms with Crippen molar-refractivity contribution in [2.24, 2.45) is 0 Å². The topological polar surface area (TPSA) is 58.8 Å². The Morgan fingerprint density at radius 3 is 2.38 bits per heavy atom. The summed E-state index contributed by atoms with van der Waals surface area (Å²) < 4.78 is 5.74. The lowest BCUT2D eigenvalue weighted by Crippen LogP contribution is -2.05. The summed E-state index contributed by atoms with van der Waals surface area (Å²) in [5, 5.41) is 17.7. The molecule has 0 atom stereocenters. The molecule has 0 N–H and O–H groups in total. The van der Waals surface area contributed by atoms with E-state index in [0.717, 1.165) is 29.0 Å². The number of rotatable bonds is 5. The minimum Gasteiger partial charge on any atom is -0.437 e. The molecule has 0 spiro atoms. The third-order valence-electron chi connectivity index (χ3n) is 3.20. The van der Waals surface area contributed by atoms with Crippen LogP contribution in [0.4, 0.5) is 0 Å². The molecule has 0 aliphatic rings. The molecule has 1 heterocycles. The minimum absolute atomic E-state index is 0.281. The Hall–Kier alpha value is -2.06. The number of benzene rings is 1. The van der Waals surface area contributed by atoms with E-state index in [1.165, 1.54) is 0 Å². The van der Waals surface area contributed by atoms with Crippen molar-refractivity contribution < 1.29 is 4.74 Å². The monoisotopic (exact) mass is 299 g/mol. The molecule has 5 heteroatoms. The molecule has 21 heavy (non-hydrogen) atoms. The summed E-state index contributed by atoms with van der Waals surface area (Å²) in [4.78, 5) is 1.16. The van der Waals surface area contributed by atoms with Crippen LogP contribution in [0.3, 0.4) is 0 Å². The van der Waals surface area contributed by atoms with Crippen LogP contribution >= 0.6 is 11.8 Å². The second kappa shape index (κ2) is 7.09. The zero-order valence-corrected chi connectivity index (χ0v) is 13.2. The number of aryl methyl sites for hydroxylation is 1. The van der Waals surface area contributed by atoms with Gasteiger partial charge in [0.05, 0.1) is 5.69 Å². The van der Waals surface area contributed by atoms with E-state index in [1.54, 1.807) is 11.8 Å². The van der Waals surface area contributed by atoms with E-state index in [4.69, 9.17) is 4.74 Å². The van der Waals surface area contributed by atoms with Crippen LogP contribution in [0, 0.1) is 11.3 Å². The third kappa shape index (κ3) is 3.34. The molecule has 108 valence electrons. The Balaban J connectivity index is 2.37. The number of ether oxygens (including phenoxy) is 1. The van der Waals surface area contributed by atoms with Crippen LogP contribution in [-0.2, 0) is 12.8 Å².